The average molecular weight is 384 g/mol. The van der Waals surface area contributed by atoms with Crippen molar-refractivity contribution in [1.82, 2.24) is 9.21 Å². The Hall–Kier alpha value is -1.29. The zero-order valence-corrected chi connectivity index (χ0v) is 14.7. The zero-order valence-electron chi connectivity index (χ0n) is 13.1. The van der Waals surface area contributed by atoms with Crippen LogP contribution in [0.25, 0.3) is 0 Å². The maximum absolute atomic E-state index is 13.7. The normalized spacial score (nSPS) is 17.2. The number of carbonyl (C=O) groups is 1. The van der Waals surface area contributed by atoms with Crippen molar-refractivity contribution in [2.45, 2.75) is 11.8 Å². The summed E-state index contributed by atoms with van der Waals surface area (Å²) in [4.78, 5) is 12.6. The van der Waals surface area contributed by atoms with E-state index in [-0.39, 0.29) is 57.0 Å². The maximum atomic E-state index is 13.7. The highest BCUT2D eigenvalue weighted by atomic mass is 35.5. The molecular weight excluding hydrogens is 364 g/mol. The van der Waals surface area contributed by atoms with Crippen LogP contribution < -0.4 is 5.73 Å². The van der Waals surface area contributed by atoms with Crippen LogP contribution in [0.4, 0.5) is 8.78 Å². The van der Waals surface area contributed by atoms with Crippen molar-refractivity contribution in [1.29, 1.82) is 0 Å². The lowest BCUT2D eigenvalue weighted by atomic mass is 10.1. The molecule has 136 valence electrons. The Balaban J connectivity index is 0.00000288. The van der Waals surface area contributed by atoms with Gasteiger partial charge in [0.05, 0.1) is 0 Å². The van der Waals surface area contributed by atoms with Gasteiger partial charge in [0.25, 0.3) is 0 Å². The van der Waals surface area contributed by atoms with Crippen molar-refractivity contribution < 1.29 is 22.0 Å². The van der Waals surface area contributed by atoms with E-state index < -0.39 is 26.6 Å². The number of hydrogen-bond acceptors (Lipinski definition) is 4. The molecule has 10 heteroatoms. The van der Waals surface area contributed by atoms with Crippen LogP contribution in [0.3, 0.4) is 0 Å². The van der Waals surface area contributed by atoms with Crippen LogP contribution in [0.2, 0.25) is 0 Å². The van der Waals surface area contributed by atoms with Crippen molar-refractivity contribution in [2.24, 2.45) is 11.7 Å². The number of carbonyl (C=O) groups excluding carboxylic acids is 1. The standard InChI is InChI=1S/C14H19F2N3O3S.ClH/c1-10(9-17)14(20)18-5-7-19(8-6-18)23(21,22)13-11(15)3-2-4-12(13)16;/h2-4,10H,5-9,17H2,1H3;1H. The number of rotatable bonds is 4. The molecule has 6 nitrogen and oxygen atoms in total. The minimum Gasteiger partial charge on any atom is -0.340 e. The zero-order chi connectivity index (χ0) is 17.2. The number of nitrogens with zero attached hydrogens (tertiary/aromatic N) is 2. The first kappa shape index (κ1) is 20.8. The predicted molar refractivity (Wildman–Crippen MR) is 87.2 cm³/mol. The number of halogens is 3. The number of piperazine rings is 1. The first-order chi connectivity index (χ1) is 10.8. The van der Waals surface area contributed by atoms with E-state index in [0.717, 1.165) is 22.5 Å². The van der Waals surface area contributed by atoms with Crippen molar-refractivity contribution in [3.05, 3.63) is 29.8 Å². The molecule has 1 atom stereocenters. The van der Waals surface area contributed by atoms with Crippen molar-refractivity contribution in [2.75, 3.05) is 32.7 Å². The van der Waals surface area contributed by atoms with Gasteiger partial charge in [-0.15, -0.1) is 12.4 Å². The molecule has 0 spiro atoms. The van der Waals surface area contributed by atoms with E-state index in [1.807, 2.05) is 0 Å². The predicted octanol–water partition coefficient (Wildman–Crippen LogP) is 0.814. The summed E-state index contributed by atoms with van der Waals surface area (Å²) in [7, 11) is -4.28. The lowest BCUT2D eigenvalue weighted by molar-refractivity contribution is -0.135. The highest BCUT2D eigenvalue weighted by molar-refractivity contribution is 7.89. The van der Waals surface area contributed by atoms with Gasteiger partial charge >= 0.3 is 0 Å². The van der Waals surface area contributed by atoms with E-state index in [1.165, 1.54) is 4.90 Å². The van der Waals surface area contributed by atoms with Crippen LogP contribution in [0.5, 0.6) is 0 Å². The molecule has 1 aromatic rings. The van der Waals surface area contributed by atoms with E-state index in [4.69, 9.17) is 5.73 Å². The smallest absolute Gasteiger partial charge is 0.249 e. The molecule has 0 saturated carbocycles. The fourth-order valence-corrected chi connectivity index (χ4v) is 3.95. The van der Waals surface area contributed by atoms with Crippen LogP contribution in [-0.2, 0) is 14.8 Å². The second kappa shape index (κ2) is 8.19. The lowest BCUT2D eigenvalue weighted by Gasteiger charge is -2.35. The molecule has 0 aromatic heterocycles. The van der Waals surface area contributed by atoms with Crippen LogP contribution in [-0.4, -0.2) is 56.3 Å². The Morgan fingerprint density at radius 2 is 1.71 bits per heavy atom. The topological polar surface area (TPSA) is 83.7 Å². The van der Waals surface area contributed by atoms with E-state index >= 15 is 0 Å². The molecule has 2 N–H and O–H groups in total. The summed E-state index contributed by atoms with van der Waals surface area (Å²) >= 11 is 0. The molecule has 0 aliphatic carbocycles. The fourth-order valence-electron chi connectivity index (χ4n) is 2.42. The van der Waals surface area contributed by atoms with E-state index in [1.54, 1.807) is 6.92 Å². The quantitative estimate of drug-likeness (QED) is 0.834. The van der Waals surface area contributed by atoms with Gasteiger partial charge in [0.1, 0.15) is 11.6 Å². The molecule has 0 radical (unpaired) electrons. The lowest BCUT2D eigenvalue weighted by Crippen LogP contribution is -2.52. The van der Waals surface area contributed by atoms with Crippen molar-refractivity contribution in [3.63, 3.8) is 0 Å². The van der Waals surface area contributed by atoms with Crippen LogP contribution in [0, 0.1) is 17.6 Å². The SMILES string of the molecule is CC(CN)C(=O)N1CCN(S(=O)(=O)c2c(F)cccc2F)CC1.Cl. The summed E-state index contributed by atoms with van der Waals surface area (Å²) in [5.41, 5.74) is 5.45. The molecular formula is C14H20ClF2N3O3S. The summed E-state index contributed by atoms with van der Waals surface area (Å²) in [6, 6.07) is 2.91. The van der Waals surface area contributed by atoms with Gasteiger partial charge in [0.2, 0.25) is 15.9 Å². The number of sulfonamides is 1. The third-order valence-electron chi connectivity index (χ3n) is 3.84. The fraction of sp³-hybridized carbons (Fsp3) is 0.500. The van der Waals surface area contributed by atoms with Crippen molar-refractivity contribution in [3.8, 4) is 0 Å². The number of benzene rings is 1. The second-order valence-corrected chi connectivity index (χ2v) is 7.29. The van der Waals surface area contributed by atoms with Gasteiger partial charge in [-0.2, -0.15) is 4.31 Å². The summed E-state index contributed by atoms with van der Waals surface area (Å²) in [5.74, 6) is -2.75. The van der Waals surface area contributed by atoms with Gasteiger partial charge in [-0.3, -0.25) is 4.79 Å². The Morgan fingerprint density at radius 1 is 1.21 bits per heavy atom. The summed E-state index contributed by atoms with van der Waals surface area (Å²) < 4.78 is 53.3. The molecule has 1 aromatic carbocycles. The van der Waals surface area contributed by atoms with Crippen LogP contribution >= 0.6 is 12.4 Å². The molecule has 2 rings (SSSR count). The summed E-state index contributed by atoms with van der Waals surface area (Å²) in [6.07, 6.45) is 0. The Bertz CT molecular complexity index is 674. The molecule has 1 fully saturated rings. The van der Waals surface area contributed by atoms with Gasteiger partial charge in [-0.1, -0.05) is 13.0 Å². The second-order valence-electron chi connectivity index (χ2n) is 5.42. The van der Waals surface area contributed by atoms with Crippen LogP contribution in [0.1, 0.15) is 6.92 Å². The van der Waals surface area contributed by atoms with Gasteiger partial charge in [-0.05, 0) is 12.1 Å². The van der Waals surface area contributed by atoms with E-state index in [2.05, 4.69) is 0 Å². The first-order valence-corrected chi connectivity index (χ1v) is 8.66. The first-order valence-electron chi connectivity index (χ1n) is 7.22. The largest absolute Gasteiger partial charge is 0.340 e. The van der Waals surface area contributed by atoms with Gasteiger partial charge in [0.15, 0.2) is 4.90 Å². The maximum Gasteiger partial charge on any atom is 0.249 e. The monoisotopic (exact) mass is 383 g/mol. The number of hydrogen-bond donors (Lipinski definition) is 1. The summed E-state index contributed by atoms with van der Waals surface area (Å²) in [6.45, 7) is 2.20. The van der Waals surface area contributed by atoms with Gasteiger partial charge in [-0.25, -0.2) is 17.2 Å². The minimum atomic E-state index is -4.28. The van der Waals surface area contributed by atoms with Crippen molar-refractivity contribution >= 4 is 28.3 Å². The molecule has 1 unspecified atom stereocenters. The molecule has 24 heavy (non-hydrogen) atoms. The average Bonchev–Trinajstić information content (AvgIpc) is 2.53. The van der Waals surface area contributed by atoms with E-state index in [9.17, 15) is 22.0 Å². The molecule has 0 bridgehead atoms. The Morgan fingerprint density at radius 3 is 2.17 bits per heavy atom. The van der Waals surface area contributed by atoms with Crippen LogP contribution in [0.15, 0.2) is 23.1 Å². The van der Waals surface area contributed by atoms with E-state index in [0.29, 0.717) is 0 Å². The molecule has 1 saturated heterocycles. The molecule has 1 aliphatic rings. The molecule has 1 heterocycles. The van der Waals surface area contributed by atoms with Gasteiger partial charge in [0, 0.05) is 38.6 Å². The van der Waals surface area contributed by atoms with Gasteiger partial charge < -0.3 is 10.6 Å². The Kier molecular flexibility index (Phi) is 7.09. The minimum absolute atomic E-state index is 0. The third-order valence-corrected chi connectivity index (χ3v) is 5.79. The molecule has 1 aliphatic heterocycles. The summed E-state index contributed by atoms with van der Waals surface area (Å²) in [5, 5.41) is 0. The number of nitrogens with two attached hydrogens (primary N) is 1. The third kappa shape index (κ3) is 4.02. The highest BCUT2D eigenvalue weighted by Gasteiger charge is 2.34. The Labute approximate surface area is 146 Å². The number of amides is 1. The molecule has 1 amide bonds. The highest BCUT2D eigenvalue weighted by Crippen LogP contribution is 2.23.